The molecule has 0 aliphatic rings. The van der Waals surface area contributed by atoms with Gasteiger partial charge >= 0.3 is 6.18 Å². The first-order valence-corrected chi connectivity index (χ1v) is 7.48. The summed E-state index contributed by atoms with van der Waals surface area (Å²) < 4.78 is 44.6. The van der Waals surface area contributed by atoms with Crippen LogP contribution in [0.4, 0.5) is 24.9 Å². The Hall–Kier alpha value is -3.36. The number of nitrogen functional groups attached to an aromatic ring is 2. The summed E-state index contributed by atoms with van der Waals surface area (Å²) in [6, 6.07) is 11.8. The standard InChI is InChI=1S/C17H14F3N5O/c18-17(19,20)13-7-2-1-4-11(13)9-26-12-6-3-5-10(8-12)14-15(21)23-16(22)25-24-14/h1-8H,9H2,(H4,21,22,23,25). The summed E-state index contributed by atoms with van der Waals surface area (Å²) in [7, 11) is 0. The number of rotatable bonds is 4. The molecular weight excluding hydrogens is 347 g/mol. The van der Waals surface area contributed by atoms with E-state index >= 15 is 0 Å². The molecule has 2 aromatic carbocycles. The van der Waals surface area contributed by atoms with Crippen molar-refractivity contribution in [2.24, 2.45) is 0 Å². The Morgan fingerprint density at radius 3 is 2.46 bits per heavy atom. The van der Waals surface area contributed by atoms with Gasteiger partial charge in [0.2, 0.25) is 5.95 Å². The maximum Gasteiger partial charge on any atom is 0.416 e. The van der Waals surface area contributed by atoms with Crippen LogP contribution in [0.5, 0.6) is 5.75 Å². The van der Waals surface area contributed by atoms with E-state index in [0.29, 0.717) is 17.0 Å². The molecule has 0 aliphatic carbocycles. The summed E-state index contributed by atoms with van der Waals surface area (Å²) >= 11 is 0. The minimum absolute atomic E-state index is 0.0406. The van der Waals surface area contributed by atoms with E-state index in [1.54, 1.807) is 24.3 Å². The molecular formula is C17H14F3N5O. The molecule has 0 unspecified atom stereocenters. The highest BCUT2D eigenvalue weighted by atomic mass is 19.4. The summed E-state index contributed by atoms with van der Waals surface area (Å²) in [5.74, 6) is 0.400. The van der Waals surface area contributed by atoms with Gasteiger partial charge in [0.05, 0.1) is 5.56 Å². The molecule has 0 spiro atoms. The van der Waals surface area contributed by atoms with Gasteiger partial charge < -0.3 is 16.2 Å². The van der Waals surface area contributed by atoms with Gasteiger partial charge in [-0.05, 0) is 18.2 Å². The summed E-state index contributed by atoms with van der Waals surface area (Å²) in [5.41, 5.74) is 11.4. The van der Waals surface area contributed by atoms with Crippen molar-refractivity contribution in [3.63, 3.8) is 0 Å². The number of halogens is 3. The van der Waals surface area contributed by atoms with E-state index in [1.165, 1.54) is 18.2 Å². The van der Waals surface area contributed by atoms with Gasteiger partial charge in [-0.2, -0.15) is 18.2 Å². The van der Waals surface area contributed by atoms with Crippen molar-refractivity contribution in [2.75, 3.05) is 11.5 Å². The lowest BCUT2D eigenvalue weighted by Gasteiger charge is -2.14. The number of benzene rings is 2. The number of hydrogen-bond donors (Lipinski definition) is 2. The van der Waals surface area contributed by atoms with E-state index in [9.17, 15) is 13.2 Å². The first-order chi connectivity index (χ1) is 12.3. The number of nitrogens with two attached hydrogens (primary N) is 2. The van der Waals surface area contributed by atoms with Crippen LogP contribution < -0.4 is 16.2 Å². The third-order valence-electron chi connectivity index (χ3n) is 3.55. The van der Waals surface area contributed by atoms with Crippen LogP contribution in [0.15, 0.2) is 48.5 Å². The zero-order valence-electron chi connectivity index (χ0n) is 13.4. The highest BCUT2D eigenvalue weighted by molar-refractivity contribution is 5.70. The SMILES string of the molecule is Nc1nnc(-c2cccc(OCc3ccccc3C(F)(F)F)c2)c(N)n1. The Labute approximate surface area is 146 Å². The van der Waals surface area contributed by atoms with Crippen molar-refractivity contribution in [2.45, 2.75) is 12.8 Å². The highest BCUT2D eigenvalue weighted by Crippen LogP contribution is 2.32. The quantitative estimate of drug-likeness (QED) is 0.740. The number of ether oxygens (including phenoxy) is 1. The molecule has 0 saturated carbocycles. The van der Waals surface area contributed by atoms with E-state index in [4.69, 9.17) is 16.2 Å². The lowest BCUT2D eigenvalue weighted by Crippen LogP contribution is -2.10. The first-order valence-electron chi connectivity index (χ1n) is 7.48. The average molecular weight is 361 g/mol. The molecule has 0 aliphatic heterocycles. The third kappa shape index (κ3) is 3.82. The van der Waals surface area contributed by atoms with Crippen LogP contribution in [0.25, 0.3) is 11.3 Å². The molecule has 3 aromatic rings. The van der Waals surface area contributed by atoms with Crippen LogP contribution in [-0.4, -0.2) is 15.2 Å². The van der Waals surface area contributed by atoms with Crippen molar-refractivity contribution in [1.29, 1.82) is 0 Å². The third-order valence-corrected chi connectivity index (χ3v) is 3.55. The molecule has 4 N–H and O–H groups in total. The Bertz CT molecular complexity index is 930. The Kier molecular flexibility index (Phi) is 4.61. The van der Waals surface area contributed by atoms with Gasteiger partial charge in [0.15, 0.2) is 5.82 Å². The summed E-state index contributed by atoms with van der Waals surface area (Å²) in [6.07, 6.45) is -4.44. The van der Waals surface area contributed by atoms with E-state index in [0.717, 1.165) is 6.07 Å². The predicted molar refractivity (Wildman–Crippen MR) is 89.9 cm³/mol. The van der Waals surface area contributed by atoms with Crippen LogP contribution in [0.3, 0.4) is 0 Å². The van der Waals surface area contributed by atoms with Gasteiger partial charge in [-0.1, -0.05) is 30.3 Å². The van der Waals surface area contributed by atoms with Gasteiger partial charge in [-0.15, -0.1) is 10.2 Å². The molecule has 1 aromatic heterocycles. The van der Waals surface area contributed by atoms with Crippen molar-refractivity contribution in [3.05, 3.63) is 59.7 Å². The maximum absolute atomic E-state index is 13.0. The van der Waals surface area contributed by atoms with Crippen LogP contribution >= 0.6 is 0 Å². The molecule has 9 heteroatoms. The number of nitrogens with zero attached hydrogens (tertiary/aromatic N) is 3. The van der Waals surface area contributed by atoms with E-state index in [1.807, 2.05) is 0 Å². The Morgan fingerprint density at radius 1 is 0.962 bits per heavy atom. The van der Waals surface area contributed by atoms with Crippen molar-refractivity contribution >= 4 is 11.8 Å². The minimum Gasteiger partial charge on any atom is -0.489 e. The number of aromatic nitrogens is 3. The van der Waals surface area contributed by atoms with E-state index < -0.39 is 11.7 Å². The molecule has 0 fully saturated rings. The Morgan fingerprint density at radius 2 is 1.73 bits per heavy atom. The second-order valence-electron chi connectivity index (χ2n) is 5.38. The summed E-state index contributed by atoms with van der Waals surface area (Å²) in [4.78, 5) is 3.83. The fourth-order valence-electron chi connectivity index (χ4n) is 2.37. The van der Waals surface area contributed by atoms with Gasteiger partial charge in [-0.25, -0.2) is 0 Å². The van der Waals surface area contributed by atoms with E-state index in [-0.39, 0.29) is 23.9 Å². The minimum atomic E-state index is -4.44. The van der Waals surface area contributed by atoms with Gasteiger partial charge in [-0.3, -0.25) is 0 Å². The van der Waals surface area contributed by atoms with E-state index in [2.05, 4.69) is 15.2 Å². The molecule has 0 bridgehead atoms. The molecule has 3 rings (SSSR count). The fourth-order valence-corrected chi connectivity index (χ4v) is 2.37. The lowest BCUT2D eigenvalue weighted by molar-refractivity contribution is -0.138. The van der Waals surface area contributed by atoms with Crippen LogP contribution in [0, 0.1) is 0 Å². The zero-order valence-corrected chi connectivity index (χ0v) is 13.4. The van der Waals surface area contributed by atoms with Crippen molar-refractivity contribution in [3.8, 4) is 17.0 Å². The zero-order chi connectivity index (χ0) is 18.7. The molecule has 134 valence electrons. The molecule has 0 atom stereocenters. The number of hydrogen-bond acceptors (Lipinski definition) is 6. The monoisotopic (exact) mass is 361 g/mol. The average Bonchev–Trinajstić information content (AvgIpc) is 2.60. The van der Waals surface area contributed by atoms with Crippen LogP contribution in [0.2, 0.25) is 0 Å². The molecule has 1 heterocycles. The number of alkyl halides is 3. The van der Waals surface area contributed by atoms with Gasteiger partial charge in [0.25, 0.3) is 0 Å². The largest absolute Gasteiger partial charge is 0.489 e. The first kappa shape index (κ1) is 17.5. The molecule has 0 amide bonds. The predicted octanol–water partition coefficient (Wildman–Crippen LogP) is 3.30. The second kappa shape index (κ2) is 6.87. The van der Waals surface area contributed by atoms with Gasteiger partial charge in [0, 0.05) is 11.1 Å². The highest BCUT2D eigenvalue weighted by Gasteiger charge is 2.32. The summed E-state index contributed by atoms with van der Waals surface area (Å²) in [5, 5.41) is 7.54. The molecule has 26 heavy (non-hydrogen) atoms. The topological polar surface area (TPSA) is 99.9 Å². The maximum atomic E-state index is 13.0. The molecule has 0 radical (unpaired) electrons. The molecule has 6 nitrogen and oxygen atoms in total. The van der Waals surface area contributed by atoms with Crippen LogP contribution in [-0.2, 0) is 12.8 Å². The summed E-state index contributed by atoms with van der Waals surface area (Å²) in [6.45, 7) is -0.236. The van der Waals surface area contributed by atoms with Crippen LogP contribution in [0.1, 0.15) is 11.1 Å². The number of anilines is 2. The van der Waals surface area contributed by atoms with Gasteiger partial charge in [0.1, 0.15) is 18.1 Å². The smallest absolute Gasteiger partial charge is 0.416 e. The lowest BCUT2D eigenvalue weighted by atomic mass is 10.1. The fraction of sp³-hybridized carbons (Fsp3) is 0.118. The van der Waals surface area contributed by atoms with Crippen molar-refractivity contribution < 1.29 is 17.9 Å². The Balaban J connectivity index is 1.83. The second-order valence-corrected chi connectivity index (χ2v) is 5.38. The normalized spacial score (nSPS) is 11.3. The van der Waals surface area contributed by atoms with Crippen molar-refractivity contribution in [1.82, 2.24) is 15.2 Å². The molecule has 0 saturated heterocycles.